The minimum Gasteiger partial charge on any atom is -0.394 e. The first-order valence-electron chi connectivity index (χ1n) is 12.5. The van der Waals surface area contributed by atoms with Gasteiger partial charge in [0.15, 0.2) is 5.82 Å². The monoisotopic (exact) mass is 488 g/mol. The van der Waals surface area contributed by atoms with Crippen molar-refractivity contribution in [2.24, 2.45) is 0 Å². The smallest absolute Gasteiger partial charge is 0.228 e. The summed E-state index contributed by atoms with van der Waals surface area (Å²) < 4.78 is 1.95. The zero-order valence-corrected chi connectivity index (χ0v) is 20.9. The Kier molecular flexibility index (Phi) is 6.69. The van der Waals surface area contributed by atoms with Gasteiger partial charge in [0.05, 0.1) is 24.4 Å². The van der Waals surface area contributed by atoms with E-state index in [4.69, 9.17) is 9.97 Å². The Hall–Kier alpha value is -3.79. The van der Waals surface area contributed by atoms with Crippen molar-refractivity contribution in [2.45, 2.75) is 39.3 Å². The van der Waals surface area contributed by atoms with Crippen LogP contribution in [-0.2, 0) is 4.79 Å². The molecule has 4 heterocycles. The van der Waals surface area contributed by atoms with Gasteiger partial charge in [-0.25, -0.2) is 4.98 Å². The Labute approximate surface area is 210 Å². The third kappa shape index (κ3) is 4.56. The molecule has 1 fully saturated rings. The molecule has 1 amide bonds. The summed E-state index contributed by atoms with van der Waals surface area (Å²) in [7, 11) is 0. The van der Waals surface area contributed by atoms with Crippen LogP contribution < -0.4 is 10.2 Å². The number of benzene rings is 1. The van der Waals surface area contributed by atoms with Crippen molar-refractivity contribution in [1.82, 2.24) is 29.6 Å². The number of para-hydroxylation sites is 1. The Morgan fingerprint density at radius 2 is 1.89 bits per heavy atom. The molecule has 1 unspecified atom stereocenters. The second-order valence-electron chi connectivity index (χ2n) is 9.29. The summed E-state index contributed by atoms with van der Waals surface area (Å²) in [5.41, 5.74) is 3.33. The molecule has 10 nitrogen and oxygen atoms in total. The van der Waals surface area contributed by atoms with Crippen molar-refractivity contribution in [2.75, 3.05) is 43.0 Å². The van der Waals surface area contributed by atoms with E-state index in [2.05, 4.69) is 34.1 Å². The SMILES string of the molecule is CC[C@H](C)n1ncc2nc(N3CCN(C(C)=O)CC3)nc(NC(CO)c3cnc4ccccc4c3)c21. The lowest BCUT2D eigenvalue weighted by atomic mass is 10.1. The molecule has 1 aliphatic rings. The second kappa shape index (κ2) is 10.1. The molecule has 0 bridgehead atoms. The number of carbonyl (C=O) groups is 1. The van der Waals surface area contributed by atoms with E-state index in [1.807, 2.05) is 39.9 Å². The maximum Gasteiger partial charge on any atom is 0.228 e. The van der Waals surface area contributed by atoms with Crippen LogP contribution in [0.2, 0.25) is 0 Å². The predicted molar refractivity (Wildman–Crippen MR) is 140 cm³/mol. The topological polar surface area (TPSA) is 112 Å². The summed E-state index contributed by atoms with van der Waals surface area (Å²) in [5.74, 6) is 1.29. The number of aromatic nitrogens is 5. The van der Waals surface area contributed by atoms with Gasteiger partial charge >= 0.3 is 0 Å². The molecule has 0 radical (unpaired) electrons. The maximum absolute atomic E-state index is 11.8. The molecule has 188 valence electrons. The van der Waals surface area contributed by atoms with E-state index in [1.165, 1.54) is 0 Å². The summed E-state index contributed by atoms with van der Waals surface area (Å²) in [6.45, 7) is 8.27. The molecule has 0 spiro atoms. The van der Waals surface area contributed by atoms with Crippen molar-refractivity contribution in [3.63, 3.8) is 0 Å². The number of rotatable bonds is 7. The number of aliphatic hydroxyl groups excluding tert-OH is 1. The average Bonchev–Trinajstić information content (AvgIpc) is 3.35. The first-order chi connectivity index (χ1) is 17.5. The van der Waals surface area contributed by atoms with Crippen LogP contribution in [0.3, 0.4) is 0 Å². The largest absolute Gasteiger partial charge is 0.394 e. The highest BCUT2D eigenvalue weighted by Gasteiger charge is 2.25. The minimum atomic E-state index is -0.414. The van der Waals surface area contributed by atoms with E-state index >= 15 is 0 Å². The molecule has 2 N–H and O–H groups in total. The standard InChI is InChI=1S/C26H32N8O2/c1-4-17(2)34-24-22(15-28-34)30-26(33-11-9-32(10-12-33)18(3)36)31-25(24)29-23(16-35)20-13-19-7-5-6-8-21(19)27-14-20/h5-8,13-15,17,23,35H,4,9-12,16H2,1-3H3,(H,29,30,31)/t17-,23?/m0/s1. The molecule has 0 aliphatic carbocycles. The van der Waals surface area contributed by atoms with Crippen LogP contribution in [0.1, 0.15) is 44.8 Å². The van der Waals surface area contributed by atoms with E-state index in [-0.39, 0.29) is 18.6 Å². The first kappa shape index (κ1) is 23.9. The number of carbonyl (C=O) groups excluding carboxylic acids is 1. The van der Waals surface area contributed by atoms with Gasteiger partial charge in [0.2, 0.25) is 11.9 Å². The molecular formula is C26H32N8O2. The molecule has 1 aliphatic heterocycles. The highest BCUT2D eigenvalue weighted by Crippen LogP contribution is 2.30. The molecule has 0 saturated carbocycles. The summed E-state index contributed by atoms with van der Waals surface area (Å²) in [4.78, 5) is 30.0. The molecule has 3 aromatic heterocycles. The van der Waals surface area contributed by atoms with Gasteiger partial charge in [-0.3, -0.25) is 14.5 Å². The quantitative estimate of drug-likeness (QED) is 0.408. The molecule has 1 saturated heterocycles. The summed E-state index contributed by atoms with van der Waals surface area (Å²) >= 11 is 0. The number of nitrogens with zero attached hydrogens (tertiary/aromatic N) is 7. The number of amides is 1. The van der Waals surface area contributed by atoms with Gasteiger partial charge in [-0.1, -0.05) is 25.1 Å². The van der Waals surface area contributed by atoms with Crippen LogP contribution in [0, 0.1) is 0 Å². The van der Waals surface area contributed by atoms with Crippen LogP contribution in [0.5, 0.6) is 0 Å². The Balaban J connectivity index is 1.53. The zero-order chi connectivity index (χ0) is 25.2. The fourth-order valence-electron chi connectivity index (χ4n) is 4.60. The molecule has 10 heteroatoms. The number of hydrogen-bond donors (Lipinski definition) is 2. The van der Waals surface area contributed by atoms with Gasteiger partial charge in [0.1, 0.15) is 11.0 Å². The summed E-state index contributed by atoms with van der Waals surface area (Å²) in [5, 5.41) is 19.5. The summed E-state index contributed by atoms with van der Waals surface area (Å²) in [6, 6.07) is 9.71. The minimum absolute atomic E-state index is 0.0815. The lowest BCUT2D eigenvalue weighted by Gasteiger charge is -2.34. The van der Waals surface area contributed by atoms with Crippen LogP contribution >= 0.6 is 0 Å². The number of hydrogen-bond acceptors (Lipinski definition) is 8. The zero-order valence-electron chi connectivity index (χ0n) is 20.9. The van der Waals surface area contributed by atoms with E-state index in [9.17, 15) is 9.90 Å². The normalized spacial score (nSPS) is 15.9. The molecule has 1 aromatic carbocycles. The van der Waals surface area contributed by atoms with Gasteiger partial charge in [0, 0.05) is 50.7 Å². The number of pyridine rings is 1. The fourth-order valence-corrected chi connectivity index (χ4v) is 4.60. The van der Waals surface area contributed by atoms with E-state index in [0.717, 1.165) is 33.9 Å². The van der Waals surface area contributed by atoms with Crippen molar-refractivity contribution in [3.05, 3.63) is 48.3 Å². The number of nitrogens with one attached hydrogen (secondary N) is 1. The lowest BCUT2D eigenvalue weighted by molar-refractivity contribution is -0.129. The van der Waals surface area contributed by atoms with Gasteiger partial charge in [-0.2, -0.15) is 10.1 Å². The van der Waals surface area contributed by atoms with Crippen molar-refractivity contribution in [1.29, 1.82) is 0 Å². The second-order valence-corrected chi connectivity index (χ2v) is 9.29. The van der Waals surface area contributed by atoms with E-state index < -0.39 is 6.04 Å². The number of aliphatic hydroxyl groups is 1. The Bertz CT molecular complexity index is 1380. The van der Waals surface area contributed by atoms with Gasteiger partial charge in [-0.05, 0) is 31.0 Å². The predicted octanol–water partition coefficient (Wildman–Crippen LogP) is 3.16. The maximum atomic E-state index is 11.8. The summed E-state index contributed by atoms with van der Waals surface area (Å²) in [6.07, 6.45) is 4.47. The van der Waals surface area contributed by atoms with Crippen molar-refractivity contribution < 1.29 is 9.90 Å². The van der Waals surface area contributed by atoms with Crippen LogP contribution in [0.4, 0.5) is 11.8 Å². The fraction of sp³-hybridized carbons (Fsp3) is 0.423. The van der Waals surface area contributed by atoms with Crippen molar-refractivity contribution in [3.8, 4) is 0 Å². The lowest BCUT2D eigenvalue weighted by Crippen LogP contribution is -2.48. The van der Waals surface area contributed by atoms with Gasteiger partial charge in [-0.15, -0.1) is 0 Å². The molecule has 36 heavy (non-hydrogen) atoms. The van der Waals surface area contributed by atoms with E-state index in [1.54, 1.807) is 19.3 Å². The highest BCUT2D eigenvalue weighted by molar-refractivity contribution is 5.87. The molecule has 2 atom stereocenters. The first-order valence-corrected chi connectivity index (χ1v) is 12.5. The average molecular weight is 489 g/mol. The third-order valence-corrected chi connectivity index (χ3v) is 6.96. The molecule has 4 aromatic rings. The Morgan fingerprint density at radius 1 is 1.11 bits per heavy atom. The molecule has 5 rings (SSSR count). The van der Waals surface area contributed by atoms with Crippen LogP contribution in [-0.4, -0.2) is 73.4 Å². The van der Waals surface area contributed by atoms with E-state index in [0.29, 0.717) is 37.9 Å². The highest BCUT2D eigenvalue weighted by atomic mass is 16.3. The van der Waals surface area contributed by atoms with Gasteiger partial charge < -0.3 is 20.2 Å². The van der Waals surface area contributed by atoms with Crippen molar-refractivity contribution >= 4 is 39.6 Å². The number of anilines is 2. The van der Waals surface area contributed by atoms with Crippen LogP contribution in [0.25, 0.3) is 21.9 Å². The third-order valence-electron chi connectivity index (χ3n) is 6.96. The van der Waals surface area contributed by atoms with Gasteiger partial charge in [0.25, 0.3) is 0 Å². The Morgan fingerprint density at radius 3 is 2.61 bits per heavy atom. The number of piperazine rings is 1. The molecular weight excluding hydrogens is 456 g/mol. The van der Waals surface area contributed by atoms with Crippen LogP contribution in [0.15, 0.2) is 42.7 Å². The number of fused-ring (bicyclic) bond motifs is 2.